The van der Waals surface area contributed by atoms with Crippen LogP contribution in [0.25, 0.3) is 65.7 Å². The Morgan fingerprint density at radius 1 is 0.348 bits per heavy atom. The number of furan rings is 1. The summed E-state index contributed by atoms with van der Waals surface area (Å²) in [6, 6.07) is 62.7. The monoisotopic (exact) mass is 587 g/mol. The van der Waals surface area contributed by atoms with E-state index in [0.29, 0.717) is 0 Å². The van der Waals surface area contributed by atoms with Crippen molar-refractivity contribution in [1.29, 1.82) is 0 Å². The van der Waals surface area contributed by atoms with E-state index < -0.39 is 0 Å². The summed E-state index contributed by atoms with van der Waals surface area (Å²) in [7, 11) is 0. The van der Waals surface area contributed by atoms with E-state index in [9.17, 15) is 0 Å². The van der Waals surface area contributed by atoms with Crippen molar-refractivity contribution < 1.29 is 4.42 Å². The molecule has 0 bridgehead atoms. The van der Waals surface area contributed by atoms with E-state index in [4.69, 9.17) is 4.42 Å². The van der Waals surface area contributed by atoms with Crippen molar-refractivity contribution in [1.82, 2.24) is 0 Å². The lowest BCUT2D eigenvalue weighted by Gasteiger charge is -2.27. The maximum Gasteiger partial charge on any atom is 0.137 e. The number of hydrogen-bond donors (Lipinski definition) is 0. The highest BCUT2D eigenvalue weighted by Gasteiger charge is 2.21. The van der Waals surface area contributed by atoms with E-state index in [1.165, 1.54) is 38.2 Å². The molecule has 0 saturated heterocycles. The summed E-state index contributed by atoms with van der Waals surface area (Å²) in [5.74, 6) is 0. The van der Waals surface area contributed by atoms with Crippen LogP contribution in [-0.2, 0) is 0 Å². The Kier molecular flexibility index (Phi) is 6.17. The Labute approximate surface area is 267 Å². The Hall–Kier alpha value is -6.12. The standard InChI is InChI=1S/C44H29NO/c1-3-11-30(12-4-1)36-25-26-38-43(29-36)46-42-20-10-19-41(44(38)42)45(37-16-5-2-6-17-37)40-18-9-15-32-22-24-35(28-39(32)40)34-23-21-31-13-7-8-14-33(31)27-34/h1-29H. The average Bonchev–Trinajstić information content (AvgIpc) is 3.51. The van der Waals surface area contributed by atoms with Crippen LogP contribution in [0, 0.1) is 0 Å². The van der Waals surface area contributed by atoms with Crippen molar-refractivity contribution in [3.8, 4) is 22.3 Å². The lowest BCUT2D eigenvalue weighted by atomic mass is 9.97. The molecule has 0 unspecified atom stereocenters. The van der Waals surface area contributed by atoms with E-state index in [1.54, 1.807) is 0 Å². The van der Waals surface area contributed by atoms with Crippen LogP contribution >= 0.6 is 0 Å². The fourth-order valence-corrected chi connectivity index (χ4v) is 6.79. The molecule has 9 aromatic rings. The molecule has 9 rings (SSSR count). The molecular formula is C44H29NO. The smallest absolute Gasteiger partial charge is 0.137 e. The van der Waals surface area contributed by atoms with E-state index in [2.05, 4.69) is 175 Å². The molecule has 0 aliphatic carbocycles. The lowest BCUT2D eigenvalue weighted by Crippen LogP contribution is -2.10. The molecule has 0 aliphatic heterocycles. The first kappa shape index (κ1) is 26.3. The minimum absolute atomic E-state index is 0.871. The second kappa shape index (κ2) is 10.8. The van der Waals surface area contributed by atoms with Gasteiger partial charge in [0.05, 0.1) is 16.8 Å². The second-order valence-electron chi connectivity index (χ2n) is 11.8. The molecule has 0 radical (unpaired) electrons. The first-order valence-electron chi connectivity index (χ1n) is 15.7. The van der Waals surface area contributed by atoms with E-state index in [0.717, 1.165) is 44.6 Å². The highest BCUT2D eigenvalue weighted by Crippen LogP contribution is 2.45. The highest BCUT2D eigenvalue weighted by atomic mass is 16.3. The zero-order chi connectivity index (χ0) is 30.5. The van der Waals surface area contributed by atoms with Gasteiger partial charge in [-0.2, -0.15) is 0 Å². The molecule has 1 heterocycles. The van der Waals surface area contributed by atoms with Gasteiger partial charge >= 0.3 is 0 Å². The minimum atomic E-state index is 0.871. The molecule has 0 spiro atoms. The predicted octanol–water partition coefficient (Wildman–Crippen LogP) is 12.7. The first-order valence-corrected chi connectivity index (χ1v) is 15.7. The summed E-state index contributed by atoms with van der Waals surface area (Å²) in [5, 5.41) is 7.08. The minimum Gasteiger partial charge on any atom is -0.456 e. The topological polar surface area (TPSA) is 16.4 Å². The molecule has 0 atom stereocenters. The predicted molar refractivity (Wildman–Crippen MR) is 194 cm³/mol. The maximum atomic E-state index is 6.55. The third-order valence-corrected chi connectivity index (χ3v) is 9.02. The second-order valence-corrected chi connectivity index (χ2v) is 11.8. The van der Waals surface area contributed by atoms with Crippen LogP contribution in [0.1, 0.15) is 0 Å². The summed E-state index contributed by atoms with van der Waals surface area (Å²) < 4.78 is 6.55. The molecule has 46 heavy (non-hydrogen) atoms. The van der Waals surface area contributed by atoms with Crippen molar-refractivity contribution in [3.05, 3.63) is 176 Å². The number of rotatable bonds is 5. The molecular weight excluding hydrogens is 558 g/mol. The van der Waals surface area contributed by atoms with E-state index in [-0.39, 0.29) is 0 Å². The van der Waals surface area contributed by atoms with Gasteiger partial charge in [-0.1, -0.05) is 121 Å². The van der Waals surface area contributed by atoms with Gasteiger partial charge in [0.1, 0.15) is 11.2 Å². The van der Waals surface area contributed by atoms with Crippen molar-refractivity contribution in [2.75, 3.05) is 4.90 Å². The zero-order valence-electron chi connectivity index (χ0n) is 25.1. The first-order chi connectivity index (χ1) is 22.8. The maximum absolute atomic E-state index is 6.55. The molecule has 2 heteroatoms. The molecule has 0 N–H and O–H groups in total. The van der Waals surface area contributed by atoms with Gasteiger partial charge in [-0.25, -0.2) is 0 Å². The number of para-hydroxylation sites is 1. The zero-order valence-corrected chi connectivity index (χ0v) is 25.1. The third kappa shape index (κ3) is 4.43. The van der Waals surface area contributed by atoms with Crippen LogP contribution in [0.2, 0.25) is 0 Å². The fraction of sp³-hybridized carbons (Fsp3) is 0. The van der Waals surface area contributed by atoms with Crippen molar-refractivity contribution in [3.63, 3.8) is 0 Å². The molecule has 0 fully saturated rings. The van der Waals surface area contributed by atoms with Crippen LogP contribution in [0.3, 0.4) is 0 Å². The van der Waals surface area contributed by atoms with Crippen LogP contribution in [-0.4, -0.2) is 0 Å². The van der Waals surface area contributed by atoms with Gasteiger partial charge < -0.3 is 9.32 Å². The Morgan fingerprint density at radius 2 is 0.978 bits per heavy atom. The summed E-state index contributed by atoms with van der Waals surface area (Å²) >= 11 is 0. The Bertz CT molecular complexity index is 2530. The van der Waals surface area contributed by atoms with Crippen molar-refractivity contribution >= 4 is 60.5 Å². The third-order valence-electron chi connectivity index (χ3n) is 9.02. The number of fused-ring (bicyclic) bond motifs is 5. The highest BCUT2D eigenvalue weighted by molar-refractivity contribution is 6.15. The largest absolute Gasteiger partial charge is 0.456 e. The van der Waals surface area contributed by atoms with Crippen molar-refractivity contribution in [2.24, 2.45) is 0 Å². The van der Waals surface area contributed by atoms with Gasteiger partial charge in [0.15, 0.2) is 0 Å². The quantitative estimate of drug-likeness (QED) is 0.199. The lowest BCUT2D eigenvalue weighted by molar-refractivity contribution is 0.669. The van der Waals surface area contributed by atoms with Gasteiger partial charge in [0.2, 0.25) is 0 Å². The molecule has 0 aliphatic rings. The van der Waals surface area contributed by atoms with Gasteiger partial charge in [0, 0.05) is 16.5 Å². The molecule has 2 nitrogen and oxygen atoms in total. The van der Waals surface area contributed by atoms with Crippen LogP contribution < -0.4 is 4.90 Å². The number of benzene rings is 8. The van der Waals surface area contributed by atoms with Crippen LogP contribution in [0.15, 0.2) is 180 Å². The molecule has 216 valence electrons. The normalized spacial score (nSPS) is 11.5. The molecule has 1 aromatic heterocycles. The van der Waals surface area contributed by atoms with E-state index in [1.807, 2.05) is 6.07 Å². The Morgan fingerprint density at radius 3 is 1.83 bits per heavy atom. The summed E-state index contributed by atoms with van der Waals surface area (Å²) in [4.78, 5) is 2.38. The van der Waals surface area contributed by atoms with Gasteiger partial charge in [-0.05, 0) is 93.0 Å². The van der Waals surface area contributed by atoms with Crippen LogP contribution in [0.5, 0.6) is 0 Å². The molecule has 0 amide bonds. The number of anilines is 3. The summed E-state index contributed by atoms with van der Waals surface area (Å²) in [5.41, 5.74) is 9.77. The van der Waals surface area contributed by atoms with Gasteiger partial charge in [0.25, 0.3) is 0 Å². The van der Waals surface area contributed by atoms with Crippen LogP contribution in [0.4, 0.5) is 17.1 Å². The van der Waals surface area contributed by atoms with E-state index >= 15 is 0 Å². The molecule has 0 saturated carbocycles. The SMILES string of the molecule is c1ccc(-c2ccc3c(c2)oc2cccc(N(c4ccccc4)c4cccc5ccc(-c6ccc7ccccc7c6)cc45)c23)cc1. The number of nitrogens with zero attached hydrogens (tertiary/aromatic N) is 1. The summed E-state index contributed by atoms with van der Waals surface area (Å²) in [6.45, 7) is 0. The van der Waals surface area contributed by atoms with Crippen molar-refractivity contribution in [2.45, 2.75) is 0 Å². The van der Waals surface area contributed by atoms with Gasteiger partial charge in [-0.3, -0.25) is 0 Å². The number of hydrogen-bond acceptors (Lipinski definition) is 2. The molecule has 8 aromatic carbocycles. The fourth-order valence-electron chi connectivity index (χ4n) is 6.79. The Balaban J connectivity index is 1.26. The summed E-state index contributed by atoms with van der Waals surface area (Å²) in [6.07, 6.45) is 0. The van der Waals surface area contributed by atoms with Gasteiger partial charge in [-0.15, -0.1) is 0 Å². The average molecular weight is 588 g/mol.